The molecular formula is C26H36O4S2. The molecule has 6 heteroatoms. The molecule has 0 aromatic carbocycles. The Morgan fingerprint density at radius 1 is 0.562 bits per heavy atom. The summed E-state index contributed by atoms with van der Waals surface area (Å²) in [5.41, 5.74) is 0. The lowest BCUT2D eigenvalue weighted by Gasteiger charge is -2.17. The van der Waals surface area contributed by atoms with Crippen LogP contribution in [0.4, 0.5) is 0 Å². The van der Waals surface area contributed by atoms with Crippen LogP contribution in [0, 0.1) is 0 Å². The largest absolute Gasteiger partial charge is 0.485 e. The van der Waals surface area contributed by atoms with Crippen LogP contribution >= 0.6 is 22.7 Å². The SMILES string of the molecule is CCCCCCc1sc(/C=C/c2sc(CCCCCC)c3c2OCCO3)c2c1OCCO2. The number of hydrogen-bond acceptors (Lipinski definition) is 6. The van der Waals surface area contributed by atoms with E-state index in [1.54, 1.807) is 0 Å². The van der Waals surface area contributed by atoms with Gasteiger partial charge >= 0.3 is 0 Å². The fourth-order valence-electron chi connectivity index (χ4n) is 4.19. The van der Waals surface area contributed by atoms with Crippen molar-refractivity contribution in [3.63, 3.8) is 0 Å². The molecular weight excluding hydrogens is 440 g/mol. The van der Waals surface area contributed by atoms with Gasteiger partial charge in [-0.05, 0) is 37.8 Å². The van der Waals surface area contributed by atoms with Crippen LogP contribution in [0.25, 0.3) is 12.2 Å². The van der Waals surface area contributed by atoms with Crippen molar-refractivity contribution in [2.24, 2.45) is 0 Å². The third-order valence-electron chi connectivity index (χ3n) is 5.89. The van der Waals surface area contributed by atoms with Gasteiger partial charge in [0.1, 0.15) is 26.4 Å². The van der Waals surface area contributed by atoms with Crippen LogP contribution in [-0.2, 0) is 12.8 Å². The third kappa shape index (κ3) is 5.63. The van der Waals surface area contributed by atoms with Gasteiger partial charge in [0, 0.05) is 0 Å². The van der Waals surface area contributed by atoms with Gasteiger partial charge in [0.25, 0.3) is 0 Å². The summed E-state index contributed by atoms with van der Waals surface area (Å²) in [6.45, 7) is 7.02. The predicted molar refractivity (Wildman–Crippen MR) is 135 cm³/mol. The highest BCUT2D eigenvalue weighted by atomic mass is 32.1. The average molecular weight is 477 g/mol. The Labute approximate surface area is 200 Å². The van der Waals surface area contributed by atoms with Crippen molar-refractivity contribution in [2.75, 3.05) is 26.4 Å². The molecule has 4 rings (SSSR count). The summed E-state index contributed by atoms with van der Waals surface area (Å²) in [7, 11) is 0. The lowest BCUT2D eigenvalue weighted by atomic mass is 10.1. The highest BCUT2D eigenvalue weighted by Crippen LogP contribution is 2.48. The van der Waals surface area contributed by atoms with E-state index in [4.69, 9.17) is 18.9 Å². The number of hydrogen-bond donors (Lipinski definition) is 0. The molecule has 0 aliphatic carbocycles. The predicted octanol–water partition coefficient (Wildman–Crippen LogP) is 7.77. The first-order valence-electron chi connectivity index (χ1n) is 12.3. The molecule has 0 bridgehead atoms. The van der Waals surface area contributed by atoms with Gasteiger partial charge in [0.05, 0.1) is 19.5 Å². The van der Waals surface area contributed by atoms with Gasteiger partial charge in [-0.15, -0.1) is 22.7 Å². The zero-order valence-corrected chi connectivity index (χ0v) is 21.1. The molecule has 32 heavy (non-hydrogen) atoms. The molecule has 0 fully saturated rings. The normalized spacial score (nSPS) is 14.9. The summed E-state index contributed by atoms with van der Waals surface area (Å²) in [6, 6.07) is 0. The molecule has 0 unspecified atom stereocenters. The smallest absolute Gasteiger partial charge is 0.179 e. The molecule has 2 aliphatic rings. The maximum atomic E-state index is 6.03. The molecule has 2 aromatic rings. The first-order chi connectivity index (χ1) is 15.8. The van der Waals surface area contributed by atoms with E-state index in [9.17, 15) is 0 Å². The fourth-order valence-corrected chi connectivity index (χ4v) is 6.47. The molecule has 4 nitrogen and oxygen atoms in total. The molecule has 2 aliphatic heterocycles. The summed E-state index contributed by atoms with van der Waals surface area (Å²) < 4.78 is 24.1. The van der Waals surface area contributed by atoms with Crippen LogP contribution in [0.1, 0.15) is 84.7 Å². The Hall–Kier alpha value is -1.66. The first kappa shape index (κ1) is 23.5. The van der Waals surface area contributed by atoms with E-state index in [1.165, 1.54) is 61.1 Å². The molecule has 2 aromatic heterocycles. The average Bonchev–Trinajstić information content (AvgIpc) is 3.36. The topological polar surface area (TPSA) is 36.9 Å². The van der Waals surface area contributed by atoms with Gasteiger partial charge in [-0.25, -0.2) is 0 Å². The number of fused-ring (bicyclic) bond motifs is 2. The molecule has 4 heterocycles. The van der Waals surface area contributed by atoms with Crippen LogP contribution in [0.5, 0.6) is 23.0 Å². The highest BCUT2D eigenvalue weighted by Gasteiger charge is 2.25. The number of thiophene rings is 2. The van der Waals surface area contributed by atoms with E-state index in [0.29, 0.717) is 26.4 Å². The minimum absolute atomic E-state index is 0.618. The van der Waals surface area contributed by atoms with E-state index >= 15 is 0 Å². The van der Waals surface area contributed by atoms with Crippen LogP contribution in [0.15, 0.2) is 0 Å². The highest BCUT2D eigenvalue weighted by molar-refractivity contribution is 7.14. The third-order valence-corrected chi connectivity index (χ3v) is 8.24. The van der Waals surface area contributed by atoms with Gasteiger partial charge in [0.15, 0.2) is 23.0 Å². The van der Waals surface area contributed by atoms with Crippen molar-refractivity contribution in [3.05, 3.63) is 19.5 Å². The minimum atomic E-state index is 0.618. The zero-order valence-electron chi connectivity index (χ0n) is 19.5. The zero-order chi connectivity index (χ0) is 22.2. The molecule has 0 spiro atoms. The Bertz CT molecular complexity index is 824. The van der Waals surface area contributed by atoms with Crippen molar-refractivity contribution >= 4 is 34.8 Å². The van der Waals surface area contributed by atoms with Crippen molar-refractivity contribution in [3.8, 4) is 23.0 Å². The maximum absolute atomic E-state index is 6.03. The number of unbranched alkanes of at least 4 members (excludes halogenated alkanes) is 6. The van der Waals surface area contributed by atoms with Gasteiger partial charge in [0.2, 0.25) is 0 Å². The molecule has 0 amide bonds. The summed E-state index contributed by atoms with van der Waals surface area (Å²) in [4.78, 5) is 4.93. The van der Waals surface area contributed by atoms with Crippen molar-refractivity contribution in [1.82, 2.24) is 0 Å². The van der Waals surface area contributed by atoms with Crippen molar-refractivity contribution < 1.29 is 18.9 Å². The summed E-state index contributed by atoms with van der Waals surface area (Å²) in [6.07, 6.45) is 16.6. The Kier molecular flexibility index (Phi) is 8.80. The second-order valence-corrected chi connectivity index (χ2v) is 10.7. The monoisotopic (exact) mass is 476 g/mol. The van der Waals surface area contributed by atoms with Crippen LogP contribution < -0.4 is 18.9 Å². The van der Waals surface area contributed by atoms with E-state index in [-0.39, 0.29) is 0 Å². The number of aryl methyl sites for hydroxylation is 2. The molecule has 0 saturated carbocycles. The van der Waals surface area contributed by atoms with E-state index in [0.717, 1.165) is 45.6 Å². The van der Waals surface area contributed by atoms with Crippen molar-refractivity contribution in [1.29, 1.82) is 0 Å². The molecule has 176 valence electrons. The van der Waals surface area contributed by atoms with Gasteiger partial charge in [-0.2, -0.15) is 0 Å². The van der Waals surface area contributed by atoms with Gasteiger partial charge in [-0.3, -0.25) is 0 Å². The summed E-state index contributed by atoms with van der Waals surface area (Å²) in [5.74, 6) is 3.79. The summed E-state index contributed by atoms with van der Waals surface area (Å²) in [5, 5.41) is 0. The Morgan fingerprint density at radius 2 is 0.969 bits per heavy atom. The molecule has 0 N–H and O–H groups in total. The molecule has 0 radical (unpaired) electrons. The molecule has 0 atom stereocenters. The number of ether oxygens (including phenoxy) is 4. The van der Waals surface area contributed by atoms with Crippen LogP contribution in [-0.4, -0.2) is 26.4 Å². The van der Waals surface area contributed by atoms with Crippen LogP contribution in [0.2, 0.25) is 0 Å². The van der Waals surface area contributed by atoms with Crippen molar-refractivity contribution in [2.45, 2.75) is 78.1 Å². The van der Waals surface area contributed by atoms with E-state index in [1.807, 2.05) is 22.7 Å². The van der Waals surface area contributed by atoms with E-state index < -0.39 is 0 Å². The quantitative estimate of drug-likeness (QED) is 0.293. The maximum Gasteiger partial charge on any atom is 0.179 e. The second kappa shape index (κ2) is 12.0. The minimum Gasteiger partial charge on any atom is -0.485 e. The number of rotatable bonds is 12. The van der Waals surface area contributed by atoms with Gasteiger partial charge in [-0.1, -0.05) is 52.4 Å². The van der Waals surface area contributed by atoms with Crippen LogP contribution in [0.3, 0.4) is 0 Å². The lowest BCUT2D eigenvalue weighted by Crippen LogP contribution is -2.15. The lowest BCUT2D eigenvalue weighted by molar-refractivity contribution is 0.171. The fraction of sp³-hybridized carbons (Fsp3) is 0.615. The standard InChI is InChI=1S/C26H36O4S2/c1-3-5-7-9-11-19-23-25(29-17-15-27-23)21(31-19)13-14-22-26-24(28-16-18-30-26)20(32-22)12-10-8-6-4-2/h13-14H,3-12,15-18H2,1-2H3/b14-13+. The summed E-state index contributed by atoms with van der Waals surface area (Å²) >= 11 is 3.62. The second-order valence-electron chi connectivity index (χ2n) is 8.44. The Balaban J connectivity index is 1.52. The van der Waals surface area contributed by atoms with E-state index in [2.05, 4.69) is 26.0 Å². The molecule has 0 saturated heterocycles. The Morgan fingerprint density at radius 3 is 1.38 bits per heavy atom. The van der Waals surface area contributed by atoms with Gasteiger partial charge < -0.3 is 18.9 Å². The first-order valence-corrected chi connectivity index (χ1v) is 14.0.